The second-order valence-corrected chi connectivity index (χ2v) is 7.85. The summed E-state index contributed by atoms with van der Waals surface area (Å²) in [5, 5.41) is -0.192. The van der Waals surface area contributed by atoms with E-state index in [0.29, 0.717) is 22.7 Å². The lowest BCUT2D eigenvalue weighted by atomic mass is 10.0. The lowest BCUT2D eigenvalue weighted by molar-refractivity contribution is 0.335. The van der Waals surface area contributed by atoms with Crippen LogP contribution >= 0.6 is 20.0 Å². The summed E-state index contributed by atoms with van der Waals surface area (Å²) >= 11 is 5.36. The van der Waals surface area contributed by atoms with Crippen LogP contribution in [0.25, 0.3) is 11.1 Å². The SMILES string of the molecule is O=P(O)(O)[N+]1(c2ccccc2)C(=S)Oc2cccc(-c3ccccc3)c21. The first-order valence-electron chi connectivity index (χ1n) is 7.88. The lowest BCUT2D eigenvalue weighted by Crippen LogP contribution is -2.43. The molecule has 1 atom stereocenters. The molecular weight excluding hydrogens is 369 g/mol. The fraction of sp³-hybridized carbons (Fsp3) is 0. The first-order chi connectivity index (χ1) is 12.5. The van der Waals surface area contributed by atoms with Gasteiger partial charge in [0.05, 0.1) is 0 Å². The molecule has 1 heterocycles. The van der Waals surface area contributed by atoms with Crippen LogP contribution in [-0.2, 0) is 4.57 Å². The predicted molar refractivity (Wildman–Crippen MR) is 105 cm³/mol. The third-order valence-electron chi connectivity index (χ3n) is 4.39. The summed E-state index contributed by atoms with van der Waals surface area (Å²) in [7, 11) is -4.83. The highest BCUT2D eigenvalue weighted by molar-refractivity contribution is 7.81. The van der Waals surface area contributed by atoms with Gasteiger partial charge in [-0.3, -0.25) is 9.79 Å². The molecule has 5 nitrogen and oxygen atoms in total. The zero-order valence-electron chi connectivity index (χ0n) is 13.5. The molecule has 130 valence electrons. The van der Waals surface area contributed by atoms with E-state index < -0.39 is 12.0 Å². The number of para-hydroxylation sites is 2. The van der Waals surface area contributed by atoms with E-state index in [1.165, 1.54) is 0 Å². The van der Waals surface area contributed by atoms with Gasteiger partial charge in [0.1, 0.15) is 0 Å². The maximum absolute atomic E-state index is 12.8. The number of thiocarbonyl (C=S) groups is 1. The summed E-state index contributed by atoms with van der Waals surface area (Å²) in [6.45, 7) is 0. The molecule has 2 N–H and O–H groups in total. The predicted octanol–water partition coefficient (Wildman–Crippen LogP) is 4.76. The first kappa shape index (κ1) is 17.1. The van der Waals surface area contributed by atoms with E-state index in [1.54, 1.807) is 42.5 Å². The summed E-state index contributed by atoms with van der Waals surface area (Å²) in [6.07, 6.45) is 0. The van der Waals surface area contributed by atoms with Crippen LogP contribution in [0.3, 0.4) is 0 Å². The Morgan fingerprint density at radius 3 is 2.08 bits per heavy atom. The van der Waals surface area contributed by atoms with Gasteiger partial charge in [-0.15, -0.1) is 0 Å². The van der Waals surface area contributed by atoms with Gasteiger partial charge in [0.15, 0.2) is 11.4 Å². The van der Waals surface area contributed by atoms with Gasteiger partial charge in [0.25, 0.3) is 0 Å². The Kier molecular flexibility index (Phi) is 4.03. The van der Waals surface area contributed by atoms with Crippen molar-refractivity contribution < 1.29 is 19.1 Å². The molecule has 3 aromatic carbocycles. The van der Waals surface area contributed by atoms with Crippen LogP contribution < -0.4 is 8.99 Å². The standard InChI is InChI=1S/C19H14NO4PS/c21-25(22,23)20(15-10-5-2-6-11-15)18-16(14-8-3-1-4-9-14)12-7-13-17(18)24-19(20)26/h1-13H,(H-,21,22,23)/p+1. The number of hydrogen-bond donors (Lipinski definition) is 2. The normalized spacial score (nSPS) is 19.1. The summed E-state index contributed by atoms with van der Waals surface area (Å²) in [5.74, 6) is 0.350. The van der Waals surface area contributed by atoms with Crippen LogP contribution in [0.4, 0.5) is 11.4 Å². The fourth-order valence-electron chi connectivity index (χ4n) is 3.31. The molecule has 7 heteroatoms. The number of rotatable bonds is 3. The molecule has 1 unspecified atom stereocenters. The van der Waals surface area contributed by atoms with Gasteiger partial charge in [0, 0.05) is 29.9 Å². The van der Waals surface area contributed by atoms with Crippen molar-refractivity contribution in [2.45, 2.75) is 0 Å². The Morgan fingerprint density at radius 2 is 1.46 bits per heavy atom. The minimum Gasteiger partial charge on any atom is -0.397 e. The molecule has 0 spiro atoms. The minimum atomic E-state index is -4.83. The molecular formula is C19H15NO4PS+. The number of quaternary nitrogens is 1. The average Bonchev–Trinajstić information content (AvgIpc) is 2.95. The molecule has 0 amide bonds. The molecule has 1 aliphatic rings. The van der Waals surface area contributed by atoms with Crippen LogP contribution in [0.5, 0.6) is 5.75 Å². The van der Waals surface area contributed by atoms with Gasteiger partial charge in [-0.25, -0.2) is 4.57 Å². The third kappa shape index (κ3) is 2.35. The summed E-state index contributed by atoms with van der Waals surface area (Å²) in [6, 6.07) is 23.2. The van der Waals surface area contributed by atoms with Gasteiger partial charge in [-0.1, -0.05) is 58.9 Å². The molecule has 0 aliphatic carbocycles. The van der Waals surface area contributed by atoms with Gasteiger partial charge >= 0.3 is 12.9 Å². The molecule has 3 aromatic rings. The molecule has 0 aromatic heterocycles. The molecule has 0 saturated heterocycles. The molecule has 0 radical (unpaired) electrons. The monoisotopic (exact) mass is 384 g/mol. The van der Waals surface area contributed by atoms with E-state index in [-0.39, 0.29) is 5.17 Å². The number of nitrogens with zero attached hydrogens (tertiary/aromatic N) is 1. The Bertz CT molecular complexity index is 1040. The highest BCUT2D eigenvalue weighted by Crippen LogP contribution is 2.65. The van der Waals surface area contributed by atoms with Crippen LogP contribution in [0, 0.1) is 0 Å². The van der Waals surface area contributed by atoms with Gasteiger partial charge in [-0.2, -0.15) is 0 Å². The largest absolute Gasteiger partial charge is 0.545 e. The van der Waals surface area contributed by atoms with E-state index in [2.05, 4.69) is 0 Å². The summed E-state index contributed by atoms with van der Waals surface area (Å²) < 4.78 is 17.6. The van der Waals surface area contributed by atoms with Crippen molar-refractivity contribution in [1.82, 2.24) is 4.25 Å². The number of benzene rings is 3. The van der Waals surface area contributed by atoms with Crippen molar-refractivity contribution >= 4 is 36.5 Å². The Labute approximate surface area is 155 Å². The second kappa shape index (κ2) is 6.13. The summed E-state index contributed by atoms with van der Waals surface area (Å²) in [4.78, 5) is 20.9. The van der Waals surface area contributed by atoms with Gasteiger partial charge < -0.3 is 4.74 Å². The van der Waals surface area contributed by atoms with Crippen molar-refractivity contribution in [2.24, 2.45) is 0 Å². The van der Waals surface area contributed by atoms with Gasteiger partial charge in [-0.05, 0) is 17.7 Å². The fourth-order valence-corrected chi connectivity index (χ4v) is 5.07. The quantitative estimate of drug-likeness (QED) is 0.503. The van der Waals surface area contributed by atoms with Crippen molar-refractivity contribution in [2.75, 3.05) is 0 Å². The molecule has 1 aliphatic heterocycles. The Hall–Kier alpha value is -2.34. The number of ether oxygens (including phenoxy) is 1. The van der Waals surface area contributed by atoms with Gasteiger partial charge in [0.2, 0.25) is 5.69 Å². The van der Waals surface area contributed by atoms with Crippen molar-refractivity contribution in [3.8, 4) is 16.9 Å². The topological polar surface area (TPSA) is 66.8 Å². The second-order valence-electron chi connectivity index (χ2n) is 5.87. The van der Waals surface area contributed by atoms with Crippen molar-refractivity contribution in [3.63, 3.8) is 0 Å². The van der Waals surface area contributed by atoms with Crippen molar-refractivity contribution in [3.05, 3.63) is 78.9 Å². The zero-order chi connectivity index (χ0) is 18.4. The van der Waals surface area contributed by atoms with Crippen LogP contribution in [0.1, 0.15) is 0 Å². The average molecular weight is 384 g/mol. The highest BCUT2D eigenvalue weighted by atomic mass is 32.1. The van der Waals surface area contributed by atoms with Crippen LogP contribution in [0.15, 0.2) is 78.9 Å². The summed E-state index contributed by atoms with van der Waals surface area (Å²) in [5.41, 5.74) is 2.19. The molecule has 0 bridgehead atoms. The highest BCUT2D eigenvalue weighted by Gasteiger charge is 2.62. The molecule has 0 saturated carbocycles. The molecule has 0 fully saturated rings. The van der Waals surface area contributed by atoms with E-state index in [9.17, 15) is 14.4 Å². The zero-order valence-corrected chi connectivity index (χ0v) is 15.2. The first-order valence-corrected chi connectivity index (χ1v) is 9.85. The van der Waals surface area contributed by atoms with E-state index >= 15 is 0 Å². The lowest BCUT2D eigenvalue weighted by Gasteiger charge is -2.30. The minimum absolute atomic E-state index is 0.192. The molecule has 26 heavy (non-hydrogen) atoms. The number of fused-ring (bicyclic) bond motifs is 1. The molecule has 4 rings (SSSR count). The van der Waals surface area contributed by atoms with Crippen LogP contribution in [0.2, 0.25) is 0 Å². The smallest absolute Gasteiger partial charge is 0.397 e. The van der Waals surface area contributed by atoms with E-state index in [0.717, 1.165) is 5.56 Å². The number of hydrogen-bond acceptors (Lipinski definition) is 3. The Morgan fingerprint density at radius 1 is 0.846 bits per heavy atom. The van der Waals surface area contributed by atoms with Crippen LogP contribution in [-0.4, -0.2) is 15.0 Å². The maximum Gasteiger partial charge on any atom is 0.545 e. The van der Waals surface area contributed by atoms with Crippen molar-refractivity contribution in [1.29, 1.82) is 0 Å². The maximum atomic E-state index is 12.8. The van der Waals surface area contributed by atoms with E-state index in [1.807, 2.05) is 36.4 Å². The van der Waals surface area contributed by atoms with E-state index in [4.69, 9.17) is 17.0 Å². The third-order valence-corrected chi connectivity index (χ3v) is 6.28. The Balaban J connectivity index is 2.13.